The van der Waals surface area contributed by atoms with Gasteiger partial charge in [-0.2, -0.15) is 0 Å². The molecule has 0 atom stereocenters. The van der Waals surface area contributed by atoms with Gasteiger partial charge in [0.2, 0.25) is 12.7 Å². The largest absolute Gasteiger partial charge is 0.454 e. The SMILES string of the molecule is O=C(Nc1ccccc1)C1CCN(C(=O)c2ccc3c(c2)OCO3)CC1. The summed E-state index contributed by atoms with van der Waals surface area (Å²) in [6, 6.07) is 14.7. The molecule has 0 aliphatic carbocycles. The molecule has 0 saturated carbocycles. The van der Waals surface area contributed by atoms with Gasteiger partial charge in [-0.3, -0.25) is 9.59 Å². The number of amides is 2. The molecule has 0 bridgehead atoms. The number of fused-ring (bicyclic) bond motifs is 1. The fourth-order valence-corrected chi connectivity index (χ4v) is 3.32. The molecule has 2 heterocycles. The predicted molar refractivity (Wildman–Crippen MR) is 96.3 cm³/mol. The zero-order valence-corrected chi connectivity index (χ0v) is 14.3. The molecule has 1 N–H and O–H groups in total. The Morgan fingerprint density at radius 1 is 0.962 bits per heavy atom. The number of carbonyl (C=O) groups is 2. The van der Waals surface area contributed by atoms with E-state index >= 15 is 0 Å². The quantitative estimate of drug-likeness (QED) is 0.922. The van der Waals surface area contributed by atoms with Gasteiger partial charge in [-0.15, -0.1) is 0 Å². The Labute approximate surface area is 151 Å². The topological polar surface area (TPSA) is 67.9 Å². The second-order valence-electron chi connectivity index (χ2n) is 6.49. The van der Waals surface area contributed by atoms with Gasteiger partial charge < -0.3 is 19.7 Å². The molecule has 0 spiro atoms. The predicted octanol–water partition coefficient (Wildman–Crippen LogP) is 2.91. The van der Waals surface area contributed by atoms with E-state index in [1.54, 1.807) is 23.1 Å². The molecule has 26 heavy (non-hydrogen) atoms. The molecule has 2 aromatic carbocycles. The number of ether oxygens (including phenoxy) is 2. The maximum absolute atomic E-state index is 12.7. The Kier molecular flexibility index (Phi) is 4.48. The van der Waals surface area contributed by atoms with Crippen LogP contribution in [0.4, 0.5) is 5.69 Å². The van der Waals surface area contributed by atoms with Crippen LogP contribution in [0, 0.1) is 5.92 Å². The number of likely N-dealkylation sites (tertiary alicyclic amines) is 1. The molecule has 1 fully saturated rings. The van der Waals surface area contributed by atoms with Crippen molar-refractivity contribution in [3.63, 3.8) is 0 Å². The van der Waals surface area contributed by atoms with Crippen LogP contribution in [0.1, 0.15) is 23.2 Å². The number of anilines is 1. The number of nitrogens with zero attached hydrogens (tertiary/aromatic N) is 1. The molecule has 1 saturated heterocycles. The van der Waals surface area contributed by atoms with Gasteiger partial charge in [0.25, 0.3) is 5.91 Å². The first-order chi connectivity index (χ1) is 12.7. The van der Waals surface area contributed by atoms with Crippen LogP contribution in [0.3, 0.4) is 0 Å². The number of carbonyl (C=O) groups excluding carboxylic acids is 2. The number of rotatable bonds is 3. The lowest BCUT2D eigenvalue weighted by molar-refractivity contribution is -0.121. The van der Waals surface area contributed by atoms with Crippen LogP contribution in [0.15, 0.2) is 48.5 Å². The second-order valence-corrected chi connectivity index (χ2v) is 6.49. The number of benzene rings is 2. The van der Waals surface area contributed by atoms with Crippen molar-refractivity contribution in [1.29, 1.82) is 0 Å². The molecule has 0 aromatic heterocycles. The van der Waals surface area contributed by atoms with Crippen molar-refractivity contribution in [1.82, 2.24) is 4.90 Å². The first kappa shape index (κ1) is 16.4. The van der Waals surface area contributed by atoms with Crippen molar-refractivity contribution in [3.05, 3.63) is 54.1 Å². The molecular weight excluding hydrogens is 332 g/mol. The van der Waals surface area contributed by atoms with E-state index in [9.17, 15) is 9.59 Å². The molecule has 0 unspecified atom stereocenters. The van der Waals surface area contributed by atoms with Gasteiger partial charge in [0.05, 0.1) is 0 Å². The molecule has 0 radical (unpaired) electrons. The highest BCUT2D eigenvalue weighted by Crippen LogP contribution is 2.33. The molecule has 2 aromatic rings. The third kappa shape index (κ3) is 3.35. The van der Waals surface area contributed by atoms with Crippen molar-refractivity contribution < 1.29 is 19.1 Å². The summed E-state index contributed by atoms with van der Waals surface area (Å²) in [6.07, 6.45) is 1.32. The van der Waals surface area contributed by atoms with Crippen molar-refractivity contribution in [2.45, 2.75) is 12.8 Å². The van der Waals surface area contributed by atoms with Crippen molar-refractivity contribution in [2.24, 2.45) is 5.92 Å². The summed E-state index contributed by atoms with van der Waals surface area (Å²) in [5, 5.41) is 2.94. The van der Waals surface area contributed by atoms with E-state index in [0.717, 1.165) is 5.69 Å². The second kappa shape index (κ2) is 7.07. The molecule has 2 amide bonds. The summed E-state index contributed by atoms with van der Waals surface area (Å²) in [4.78, 5) is 26.9. The third-order valence-corrected chi connectivity index (χ3v) is 4.81. The lowest BCUT2D eigenvalue weighted by Crippen LogP contribution is -2.41. The number of nitrogens with one attached hydrogen (secondary N) is 1. The lowest BCUT2D eigenvalue weighted by atomic mass is 9.95. The summed E-state index contributed by atoms with van der Waals surface area (Å²) in [7, 11) is 0. The summed E-state index contributed by atoms with van der Waals surface area (Å²) in [5.41, 5.74) is 1.39. The van der Waals surface area contributed by atoms with Crippen LogP contribution in [0.2, 0.25) is 0 Å². The van der Waals surface area contributed by atoms with Gasteiger partial charge in [-0.25, -0.2) is 0 Å². The highest BCUT2D eigenvalue weighted by Gasteiger charge is 2.28. The molecular formula is C20H20N2O4. The fourth-order valence-electron chi connectivity index (χ4n) is 3.32. The fraction of sp³-hybridized carbons (Fsp3) is 0.300. The van der Waals surface area contributed by atoms with Crippen molar-refractivity contribution >= 4 is 17.5 Å². The maximum Gasteiger partial charge on any atom is 0.253 e. The Balaban J connectivity index is 1.34. The van der Waals surface area contributed by atoms with E-state index in [1.165, 1.54) is 0 Å². The van der Waals surface area contributed by atoms with E-state index in [-0.39, 0.29) is 24.5 Å². The van der Waals surface area contributed by atoms with Crippen LogP contribution in [-0.4, -0.2) is 36.6 Å². The van der Waals surface area contributed by atoms with E-state index in [4.69, 9.17) is 9.47 Å². The van der Waals surface area contributed by atoms with Crippen LogP contribution in [0.25, 0.3) is 0 Å². The summed E-state index contributed by atoms with van der Waals surface area (Å²) < 4.78 is 10.6. The lowest BCUT2D eigenvalue weighted by Gasteiger charge is -2.31. The molecule has 6 nitrogen and oxygen atoms in total. The normalized spacial score (nSPS) is 16.4. The average Bonchev–Trinajstić information content (AvgIpc) is 3.16. The minimum atomic E-state index is -0.0731. The summed E-state index contributed by atoms with van der Waals surface area (Å²) >= 11 is 0. The van der Waals surface area contributed by atoms with Gasteiger partial charge in [-0.1, -0.05) is 18.2 Å². The number of piperidine rings is 1. The first-order valence-corrected chi connectivity index (χ1v) is 8.75. The minimum Gasteiger partial charge on any atom is -0.454 e. The van der Waals surface area contributed by atoms with E-state index in [1.807, 2.05) is 30.3 Å². The molecule has 134 valence electrons. The Hall–Kier alpha value is -3.02. The van der Waals surface area contributed by atoms with E-state index < -0.39 is 0 Å². The number of hydrogen-bond acceptors (Lipinski definition) is 4. The smallest absolute Gasteiger partial charge is 0.253 e. The number of para-hydroxylation sites is 1. The minimum absolute atomic E-state index is 0.0198. The average molecular weight is 352 g/mol. The monoisotopic (exact) mass is 352 g/mol. The third-order valence-electron chi connectivity index (χ3n) is 4.81. The van der Waals surface area contributed by atoms with E-state index in [0.29, 0.717) is 43.0 Å². The Morgan fingerprint density at radius 2 is 1.69 bits per heavy atom. The van der Waals surface area contributed by atoms with Gasteiger partial charge in [0, 0.05) is 30.3 Å². The number of hydrogen-bond donors (Lipinski definition) is 1. The van der Waals surface area contributed by atoms with Crippen LogP contribution < -0.4 is 14.8 Å². The van der Waals surface area contributed by atoms with Gasteiger partial charge in [-0.05, 0) is 43.2 Å². The first-order valence-electron chi connectivity index (χ1n) is 8.75. The Morgan fingerprint density at radius 3 is 2.46 bits per heavy atom. The molecule has 4 rings (SSSR count). The molecule has 6 heteroatoms. The van der Waals surface area contributed by atoms with Crippen LogP contribution in [0.5, 0.6) is 11.5 Å². The zero-order chi connectivity index (χ0) is 17.9. The van der Waals surface area contributed by atoms with Crippen molar-refractivity contribution in [3.8, 4) is 11.5 Å². The van der Waals surface area contributed by atoms with Gasteiger partial charge >= 0.3 is 0 Å². The highest BCUT2D eigenvalue weighted by molar-refractivity contribution is 5.96. The highest BCUT2D eigenvalue weighted by atomic mass is 16.7. The van der Waals surface area contributed by atoms with Gasteiger partial charge in [0.15, 0.2) is 11.5 Å². The van der Waals surface area contributed by atoms with Gasteiger partial charge in [0.1, 0.15) is 0 Å². The zero-order valence-electron chi connectivity index (χ0n) is 14.3. The van der Waals surface area contributed by atoms with E-state index in [2.05, 4.69) is 5.32 Å². The summed E-state index contributed by atoms with van der Waals surface area (Å²) in [6.45, 7) is 1.33. The summed E-state index contributed by atoms with van der Waals surface area (Å²) in [5.74, 6) is 1.18. The van der Waals surface area contributed by atoms with Crippen molar-refractivity contribution in [2.75, 3.05) is 25.2 Å². The molecule has 2 aliphatic heterocycles. The molecule has 2 aliphatic rings. The van der Waals surface area contributed by atoms with Crippen LogP contribution in [-0.2, 0) is 4.79 Å². The standard InChI is InChI=1S/C20H20N2O4/c23-19(21-16-4-2-1-3-5-16)14-8-10-22(11-9-14)20(24)15-6-7-17-18(12-15)26-13-25-17/h1-7,12,14H,8-11,13H2,(H,21,23). The van der Waals surface area contributed by atoms with Crippen LogP contribution >= 0.6 is 0 Å². The Bertz CT molecular complexity index is 814. The maximum atomic E-state index is 12.7.